The lowest BCUT2D eigenvalue weighted by molar-refractivity contribution is -0.146. The Kier molecular flexibility index (Phi) is 3.70. The maximum absolute atomic E-state index is 11.3. The average molecular weight is 186 g/mol. The number of nitrogens with zero attached hydrogens (tertiary/aromatic N) is 1. The predicted molar refractivity (Wildman–Crippen MR) is 46.1 cm³/mol. The lowest BCUT2D eigenvalue weighted by Crippen LogP contribution is -2.38. The topological polar surface area (TPSA) is 58.6 Å². The number of amides is 1. The second kappa shape index (κ2) is 4.81. The second-order valence-corrected chi connectivity index (χ2v) is 2.92. The van der Waals surface area contributed by atoms with Gasteiger partial charge in [0, 0.05) is 6.54 Å². The standard InChI is InChI=1S/C8H14N2O3/c1-13-8(12)6-10-4-2-3-9-5-7(10)11/h9H,2-6H2,1H3. The summed E-state index contributed by atoms with van der Waals surface area (Å²) < 4.78 is 4.49. The summed E-state index contributed by atoms with van der Waals surface area (Å²) in [5.74, 6) is -0.404. The van der Waals surface area contributed by atoms with Gasteiger partial charge in [-0.05, 0) is 13.0 Å². The Morgan fingerprint density at radius 2 is 2.46 bits per heavy atom. The van der Waals surface area contributed by atoms with E-state index in [1.54, 1.807) is 0 Å². The van der Waals surface area contributed by atoms with Crippen molar-refractivity contribution in [1.82, 2.24) is 10.2 Å². The van der Waals surface area contributed by atoms with Crippen molar-refractivity contribution in [2.45, 2.75) is 6.42 Å². The van der Waals surface area contributed by atoms with Gasteiger partial charge in [-0.3, -0.25) is 9.59 Å². The highest BCUT2D eigenvalue weighted by Gasteiger charge is 2.18. The third-order valence-electron chi connectivity index (χ3n) is 1.96. The van der Waals surface area contributed by atoms with E-state index >= 15 is 0 Å². The molecule has 1 rings (SSSR count). The van der Waals surface area contributed by atoms with Crippen LogP contribution in [0.3, 0.4) is 0 Å². The summed E-state index contributed by atoms with van der Waals surface area (Å²) in [7, 11) is 1.32. The molecule has 1 heterocycles. The number of carbonyl (C=O) groups is 2. The molecule has 1 fully saturated rings. The van der Waals surface area contributed by atoms with Crippen molar-refractivity contribution in [2.24, 2.45) is 0 Å². The molecule has 1 aliphatic heterocycles. The minimum absolute atomic E-state index is 0.0390. The SMILES string of the molecule is COC(=O)CN1CCCNCC1=O. The Hall–Kier alpha value is -1.10. The van der Waals surface area contributed by atoms with E-state index in [9.17, 15) is 9.59 Å². The number of rotatable bonds is 2. The summed E-state index contributed by atoms with van der Waals surface area (Å²) in [5, 5.41) is 2.97. The number of hydrogen-bond acceptors (Lipinski definition) is 4. The second-order valence-electron chi connectivity index (χ2n) is 2.92. The highest BCUT2D eigenvalue weighted by atomic mass is 16.5. The summed E-state index contributed by atoms with van der Waals surface area (Å²) in [4.78, 5) is 23.7. The van der Waals surface area contributed by atoms with E-state index in [0.717, 1.165) is 13.0 Å². The van der Waals surface area contributed by atoms with Gasteiger partial charge in [-0.15, -0.1) is 0 Å². The van der Waals surface area contributed by atoms with E-state index in [0.29, 0.717) is 13.1 Å². The highest BCUT2D eigenvalue weighted by Crippen LogP contribution is 1.96. The van der Waals surface area contributed by atoms with Gasteiger partial charge in [0.25, 0.3) is 0 Å². The van der Waals surface area contributed by atoms with Crippen LogP contribution in [0.15, 0.2) is 0 Å². The molecule has 5 heteroatoms. The van der Waals surface area contributed by atoms with Crippen LogP contribution in [-0.2, 0) is 14.3 Å². The largest absolute Gasteiger partial charge is 0.468 e. The molecular weight excluding hydrogens is 172 g/mol. The summed E-state index contributed by atoms with van der Waals surface area (Å²) in [6.07, 6.45) is 0.878. The first-order valence-corrected chi connectivity index (χ1v) is 4.29. The van der Waals surface area contributed by atoms with Crippen LogP contribution in [0.4, 0.5) is 0 Å². The van der Waals surface area contributed by atoms with Gasteiger partial charge >= 0.3 is 5.97 Å². The smallest absolute Gasteiger partial charge is 0.325 e. The van der Waals surface area contributed by atoms with E-state index in [1.165, 1.54) is 12.0 Å². The van der Waals surface area contributed by atoms with Gasteiger partial charge in [-0.1, -0.05) is 0 Å². The van der Waals surface area contributed by atoms with Crippen LogP contribution < -0.4 is 5.32 Å². The third-order valence-corrected chi connectivity index (χ3v) is 1.96. The Bertz CT molecular complexity index is 206. The zero-order valence-corrected chi connectivity index (χ0v) is 7.71. The molecule has 1 N–H and O–H groups in total. The third kappa shape index (κ3) is 3.02. The first-order chi connectivity index (χ1) is 6.24. The molecule has 0 aromatic carbocycles. The fourth-order valence-corrected chi connectivity index (χ4v) is 1.21. The molecule has 0 atom stereocenters. The van der Waals surface area contributed by atoms with E-state index in [4.69, 9.17) is 0 Å². The molecule has 1 amide bonds. The maximum Gasteiger partial charge on any atom is 0.325 e. The molecule has 0 aromatic rings. The van der Waals surface area contributed by atoms with Gasteiger partial charge in [-0.25, -0.2) is 0 Å². The van der Waals surface area contributed by atoms with Gasteiger partial charge in [0.05, 0.1) is 13.7 Å². The van der Waals surface area contributed by atoms with Crippen LogP contribution in [0.2, 0.25) is 0 Å². The Morgan fingerprint density at radius 3 is 3.15 bits per heavy atom. The van der Waals surface area contributed by atoms with Crippen LogP contribution in [0.1, 0.15) is 6.42 Å². The fraction of sp³-hybridized carbons (Fsp3) is 0.750. The van der Waals surface area contributed by atoms with Crippen LogP contribution >= 0.6 is 0 Å². The van der Waals surface area contributed by atoms with Crippen LogP contribution in [-0.4, -0.2) is 50.1 Å². The molecule has 74 valence electrons. The fourth-order valence-electron chi connectivity index (χ4n) is 1.21. The van der Waals surface area contributed by atoms with Crippen LogP contribution in [0.5, 0.6) is 0 Å². The van der Waals surface area contributed by atoms with Crippen molar-refractivity contribution in [2.75, 3.05) is 33.3 Å². The quantitative estimate of drug-likeness (QED) is 0.561. The Labute approximate surface area is 77.0 Å². The maximum atomic E-state index is 11.3. The minimum atomic E-state index is -0.366. The molecule has 0 spiro atoms. The number of carbonyl (C=O) groups excluding carboxylic acids is 2. The molecule has 5 nitrogen and oxygen atoms in total. The predicted octanol–water partition coefficient (Wildman–Crippen LogP) is -1.02. The lowest BCUT2D eigenvalue weighted by Gasteiger charge is -2.17. The monoisotopic (exact) mass is 186 g/mol. The van der Waals surface area contributed by atoms with Crippen LogP contribution in [0, 0.1) is 0 Å². The molecule has 0 unspecified atom stereocenters. The Morgan fingerprint density at radius 1 is 1.69 bits per heavy atom. The van der Waals surface area contributed by atoms with Gasteiger partial charge in [0.2, 0.25) is 5.91 Å². The van der Waals surface area contributed by atoms with E-state index in [1.807, 2.05) is 0 Å². The van der Waals surface area contributed by atoms with Gasteiger partial charge < -0.3 is 15.0 Å². The summed E-state index contributed by atoms with van der Waals surface area (Å²) in [6, 6.07) is 0. The molecule has 0 radical (unpaired) electrons. The number of methoxy groups -OCH3 is 1. The van der Waals surface area contributed by atoms with E-state index in [2.05, 4.69) is 10.1 Å². The molecule has 13 heavy (non-hydrogen) atoms. The zero-order valence-electron chi connectivity index (χ0n) is 7.71. The molecule has 0 bridgehead atoms. The summed E-state index contributed by atoms with van der Waals surface area (Å²) >= 11 is 0. The van der Waals surface area contributed by atoms with Crippen molar-refractivity contribution in [3.8, 4) is 0 Å². The molecular formula is C8H14N2O3. The van der Waals surface area contributed by atoms with Gasteiger partial charge in [0.1, 0.15) is 6.54 Å². The van der Waals surface area contributed by atoms with E-state index < -0.39 is 0 Å². The summed E-state index contributed by atoms with van der Waals surface area (Å²) in [6.45, 7) is 1.83. The van der Waals surface area contributed by atoms with Crippen molar-refractivity contribution >= 4 is 11.9 Å². The van der Waals surface area contributed by atoms with Crippen LogP contribution in [0.25, 0.3) is 0 Å². The van der Waals surface area contributed by atoms with Crippen molar-refractivity contribution in [3.05, 3.63) is 0 Å². The van der Waals surface area contributed by atoms with Gasteiger partial charge in [-0.2, -0.15) is 0 Å². The molecule has 1 aliphatic rings. The van der Waals surface area contributed by atoms with Crippen molar-refractivity contribution in [3.63, 3.8) is 0 Å². The van der Waals surface area contributed by atoms with Gasteiger partial charge in [0.15, 0.2) is 0 Å². The first kappa shape index (κ1) is 9.98. The van der Waals surface area contributed by atoms with E-state index in [-0.39, 0.29) is 18.4 Å². The number of hydrogen-bond donors (Lipinski definition) is 1. The number of nitrogens with one attached hydrogen (secondary N) is 1. The highest BCUT2D eigenvalue weighted by molar-refractivity contribution is 5.83. The normalized spacial score (nSPS) is 18.2. The number of esters is 1. The average Bonchev–Trinajstić information content (AvgIpc) is 2.32. The van der Waals surface area contributed by atoms with Crippen molar-refractivity contribution in [1.29, 1.82) is 0 Å². The Balaban J connectivity index is 2.45. The molecule has 1 saturated heterocycles. The number of ether oxygens (including phenoxy) is 1. The summed E-state index contributed by atoms with van der Waals surface area (Å²) in [5.41, 5.74) is 0. The minimum Gasteiger partial charge on any atom is -0.468 e. The molecule has 0 aromatic heterocycles. The lowest BCUT2D eigenvalue weighted by atomic mass is 10.4. The first-order valence-electron chi connectivity index (χ1n) is 4.29. The van der Waals surface area contributed by atoms with Crippen molar-refractivity contribution < 1.29 is 14.3 Å². The molecule has 0 saturated carbocycles. The molecule has 0 aliphatic carbocycles. The zero-order chi connectivity index (χ0) is 9.68.